The van der Waals surface area contributed by atoms with E-state index in [1.807, 2.05) is 0 Å². The van der Waals surface area contributed by atoms with Gasteiger partial charge < -0.3 is 10.4 Å². The summed E-state index contributed by atoms with van der Waals surface area (Å²) in [4.78, 5) is 2.49. The van der Waals surface area contributed by atoms with Crippen LogP contribution in [0.3, 0.4) is 0 Å². The van der Waals surface area contributed by atoms with Gasteiger partial charge in [-0.1, -0.05) is 30.3 Å². The molecule has 2 N–H and O–H groups in total. The number of likely N-dealkylation sites (tertiary alicyclic amines) is 1. The van der Waals surface area contributed by atoms with Crippen LogP contribution < -0.4 is 5.32 Å². The third-order valence-electron chi connectivity index (χ3n) is 4.56. The van der Waals surface area contributed by atoms with Crippen LogP contribution in [0.1, 0.15) is 18.4 Å². The molecule has 2 heterocycles. The van der Waals surface area contributed by atoms with Gasteiger partial charge in [0.2, 0.25) is 0 Å². The normalized spacial score (nSPS) is 33.1. The number of piperidine rings is 1. The van der Waals surface area contributed by atoms with Crippen LogP contribution in [0.5, 0.6) is 0 Å². The van der Waals surface area contributed by atoms with Crippen molar-refractivity contribution in [3.8, 4) is 0 Å². The van der Waals surface area contributed by atoms with Gasteiger partial charge in [-0.05, 0) is 31.5 Å². The van der Waals surface area contributed by atoms with E-state index in [-0.39, 0.29) is 11.5 Å². The maximum absolute atomic E-state index is 10.3. The van der Waals surface area contributed by atoms with Gasteiger partial charge in [-0.15, -0.1) is 0 Å². The molecule has 1 aromatic carbocycles. The van der Waals surface area contributed by atoms with Gasteiger partial charge in [0.05, 0.1) is 6.10 Å². The smallest absolute Gasteiger partial charge is 0.0733 e. The third-order valence-corrected chi connectivity index (χ3v) is 4.56. The first-order valence-electron chi connectivity index (χ1n) is 6.94. The number of hydrogen-bond donors (Lipinski definition) is 2. The molecule has 0 saturated carbocycles. The maximum atomic E-state index is 10.3. The van der Waals surface area contributed by atoms with E-state index in [1.54, 1.807) is 0 Å². The molecular weight excluding hydrogens is 224 g/mol. The molecular formula is C15H22N2O. The van der Waals surface area contributed by atoms with Crippen LogP contribution in [-0.4, -0.2) is 42.3 Å². The first-order chi connectivity index (χ1) is 8.78. The Bertz CT molecular complexity index is 395. The minimum atomic E-state index is -0.174. The Labute approximate surface area is 109 Å². The molecule has 2 unspecified atom stereocenters. The lowest BCUT2D eigenvalue weighted by Gasteiger charge is -2.38. The Morgan fingerprint density at radius 1 is 1.28 bits per heavy atom. The van der Waals surface area contributed by atoms with Crippen molar-refractivity contribution in [2.24, 2.45) is 5.41 Å². The standard InChI is InChI=1S/C15H22N2O/c18-14-10-16-8-6-15(14)7-9-17(12-15)11-13-4-2-1-3-5-13/h1-5,14,16,18H,6-12H2. The Morgan fingerprint density at radius 3 is 2.89 bits per heavy atom. The van der Waals surface area contributed by atoms with E-state index in [0.29, 0.717) is 0 Å². The molecule has 2 aliphatic rings. The van der Waals surface area contributed by atoms with E-state index >= 15 is 0 Å². The fourth-order valence-corrected chi connectivity index (χ4v) is 3.40. The van der Waals surface area contributed by atoms with Crippen LogP contribution in [0.25, 0.3) is 0 Å². The molecule has 98 valence electrons. The second-order valence-electron chi connectivity index (χ2n) is 5.78. The van der Waals surface area contributed by atoms with E-state index in [0.717, 1.165) is 45.6 Å². The fraction of sp³-hybridized carbons (Fsp3) is 0.600. The summed E-state index contributed by atoms with van der Waals surface area (Å²) in [6, 6.07) is 10.6. The molecule has 0 amide bonds. The molecule has 2 fully saturated rings. The van der Waals surface area contributed by atoms with Crippen molar-refractivity contribution in [2.75, 3.05) is 26.2 Å². The zero-order valence-electron chi connectivity index (χ0n) is 10.8. The number of rotatable bonds is 2. The van der Waals surface area contributed by atoms with Crippen molar-refractivity contribution in [2.45, 2.75) is 25.5 Å². The predicted octanol–water partition coefficient (Wildman–Crippen LogP) is 1.23. The van der Waals surface area contributed by atoms with Gasteiger partial charge in [0.15, 0.2) is 0 Å². The monoisotopic (exact) mass is 246 g/mol. The number of benzene rings is 1. The molecule has 18 heavy (non-hydrogen) atoms. The lowest BCUT2D eigenvalue weighted by atomic mass is 9.76. The summed E-state index contributed by atoms with van der Waals surface area (Å²) in [5.74, 6) is 0. The zero-order chi connectivity index (χ0) is 12.4. The Kier molecular flexibility index (Phi) is 3.37. The van der Waals surface area contributed by atoms with Crippen LogP contribution in [0.15, 0.2) is 30.3 Å². The van der Waals surface area contributed by atoms with E-state index in [1.165, 1.54) is 5.56 Å². The highest BCUT2D eigenvalue weighted by Crippen LogP contribution is 2.39. The van der Waals surface area contributed by atoms with Gasteiger partial charge in [-0.2, -0.15) is 0 Å². The summed E-state index contributed by atoms with van der Waals surface area (Å²) in [6.07, 6.45) is 2.08. The summed E-state index contributed by atoms with van der Waals surface area (Å²) in [5, 5.41) is 13.5. The Balaban J connectivity index is 1.64. The van der Waals surface area contributed by atoms with Crippen molar-refractivity contribution in [3.05, 3.63) is 35.9 Å². The van der Waals surface area contributed by atoms with Crippen molar-refractivity contribution in [3.63, 3.8) is 0 Å². The van der Waals surface area contributed by atoms with Crippen LogP contribution in [0, 0.1) is 5.41 Å². The largest absolute Gasteiger partial charge is 0.391 e. The van der Waals surface area contributed by atoms with Crippen LogP contribution >= 0.6 is 0 Å². The maximum Gasteiger partial charge on any atom is 0.0733 e. The van der Waals surface area contributed by atoms with E-state index < -0.39 is 0 Å². The van der Waals surface area contributed by atoms with Gasteiger partial charge in [0.25, 0.3) is 0 Å². The number of β-amino-alcohol motifs (C(OH)–C–C–N with tert-alkyl or cyclic N) is 1. The number of hydrogen-bond acceptors (Lipinski definition) is 3. The molecule has 2 saturated heterocycles. The lowest BCUT2D eigenvalue weighted by molar-refractivity contribution is 0.00526. The summed E-state index contributed by atoms with van der Waals surface area (Å²) in [5.41, 5.74) is 1.53. The van der Waals surface area contributed by atoms with E-state index in [2.05, 4.69) is 40.5 Å². The van der Waals surface area contributed by atoms with Crippen molar-refractivity contribution in [1.82, 2.24) is 10.2 Å². The lowest BCUT2D eigenvalue weighted by Crippen LogP contribution is -2.50. The average Bonchev–Trinajstić information content (AvgIpc) is 2.79. The SMILES string of the molecule is OC1CNCCC12CCN(Cc1ccccc1)C2. The molecule has 2 atom stereocenters. The van der Waals surface area contributed by atoms with E-state index in [9.17, 15) is 5.11 Å². The number of aliphatic hydroxyl groups is 1. The molecule has 3 heteroatoms. The van der Waals surface area contributed by atoms with Crippen LogP contribution in [0.4, 0.5) is 0 Å². The topological polar surface area (TPSA) is 35.5 Å². The van der Waals surface area contributed by atoms with Crippen LogP contribution in [-0.2, 0) is 6.54 Å². The summed E-state index contributed by atoms with van der Waals surface area (Å²) >= 11 is 0. The highest BCUT2D eigenvalue weighted by Gasteiger charge is 2.44. The first kappa shape index (κ1) is 12.2. The zero-order valence-corrected chi connectivity index (χ0v) is 10.8. The number of nitrogens with zero attached hydrogens (tertiary/aromatic N) is 1. The van der Waals surface area contributed by atoms with Crippen molar-refractivity contribution >= 4 is 0 Å². The van der Waals surface area contributed by atoms with E-state index in [4.69, 9.17) is 0 Å². The fourth-order valence-electron chi connectivity index (χ4n) is 3.40. The molecule has 2 aliphatic heterocycles. The summed E-state index contributed by atoms with van der Waals surface area (Å²) in [7, 11) is 0. The van der Waals surface area contributed by atoms with Crippen molar-refractivity contribution in [1.29, 1.82) is 0 Å². The third kappa shape index (κ3) is 2.30. The van der Waals surface area contributed by atoms with Gasteiger partial charge in [-0.25, -0.2) is 0 Å². The highest BCUT2D eigenvalue weighted by atomic mass is 16.3. The molecule has 0 radical (unpaired) electrons. The van der Waals surface area contributed by atoms with Gasteiger partial charge in [-0.3, -0.25) is 4.90 Å². The molecule has 1 spiro atoms. The molecule has 1 aromatic rings. The molecule has 3 nitrogen and oxygen atoms in total. The molecule has 3 rings (SSSR count). The highest BCUT2D eigenvalue weighted by molar-refractivity contribution is 5.15. The summed E-state index contributed by atoms with van der Waals surface area (Å²) < 4.78 is 0. The second-order valence-corrected chi connectivity index (χ2v) is 5.78. The number of aliphatic hydroxyl groups excluding tert-OH is 1. The minimum Gasteiger partial charge on any atom is -0.391 e. The average molecular weight is 246 g/mol. The van der Waals surface area contributed by atoms with Gasteiger partial charge >= 0.3 is 0 Å². The molecule has 0 aromatic heterocycles. The van der Waals surface area contributed by atoms with Gasteiger partial charge in [0.1, 0.15) is 0 Å². The Hall–Kier alpha value is -0.900. The second kappa shape index (κ2) is 5.00. The minimum absolute atomic E-state index is 0.153. The van der Waals surface area contributed by atoms with Crippen molar-refractivity contribution < 1.29 is 5.11 Å². The summed E-state index contributed by atoms with van der Waals surface area (Å²) in [6.45, 7) is 4.99. The molecule has 0 aliphatic carbocycles. The number of nitrogens with one attached hydrogen (secondary N) is 1. The predicted molar refractivity (Wildman–Crippen MR) is 72.3 cm³/mol. The first-order valence-corrected chi connectivity index (χ1v) is 6.94. The van der Waals surface area contributed by atoms with Crippen LogP contribution in [0.2, 0.25) is 0 Å². The Morgan fingerprint density at radius 2 is 2.11 bits per heavy atom. The quantitative estimate of drug-likeness (QED) is 0.824. The molecule has 0 bridgehead atoms. The van der Waals surface area contributed by atoms with Gasteiger partial charge in [0, 0.05) is 25.0 Å².